The van der Waals surface area contributed by atoms with Crippen LogP contribution >= 0.6 is 11.8 Å². The van der Waals surface area contributed by atoms with E-state index in [2.05, 4.69) is 93.5 Å². The number of rotatable bonds is 5. The Balaban J connectivity index is 0.000000793. The van der Waals surface area contributed by atoms with E-state index in [1.165, 1.54) is 44.2 Å². The first-order valence-corrected chi connectivity index (χ1v) is 17.3. The summed E-state index contributed by atoms with van der Waals surface area (Å²) in [5, 5.41) is 1.52. The number of nitrogens with zero attached hydrogens (tertiary/aromatic N) is 2. The quantitative estimate of drug-likeness (QED) is 0.212. The van der Waals surface area contributed by atoms with Crippen LogP contribution in [0.4, 0.5) is 16.9 Å². The average Bonchev–Trinajstić information content (AvgIpc) is 3.08. The Bertz CT molecular complexity index is 664. The number of thioether (sulfide) groups is 1. The molecule has 2 aliphatic heterocycles. The topological polar surface area (TPSA) is 6.48 Å². The van der Waals surface area contributed by atoms with Crippen LogP contribution in [0.15, 0.2) is 36.3 Å². The van der Waals surface area contributed by atoms with E-state index in [4.69, 9.17) is 0 Å². The maximum absolute atomic E-state index is 11.2. The fraction of sp³-hybridized carbons (Fsp3) is 0.545. The molecule has 3 aliphatic rings. The number of allylic oxidation sites excluding steroid dienone is 3. The molecule has 2 nitrogen and oxygen atoms in total. The molecule has 3 rings (SSSR count). The molecule has 0 aromatic heterocycles. The molecule has 0 spiro atoms. The molecule has 0 bridgehead atoms. The second-order valence-corrected chi connectivity index (χ2v) is 15.2. The Kier molecular flexibility index (Phi) is 13.1. The van der Waals surface area contributed by atoms with Gasteiger partial charge in [0.05, 0.1) is 5.70 Å². The molecule has 11 heteroatoms. The predicted octanol–water partition coefficient (Wildman–Crippen LogP) is 8.00. The normalized spacial score (nSPS) is 21.9. The molecule has 1 saturated carbocycles. The van der Waals surface area contributed by atoms with Gasteiger partial charge >= 0.3 is 56.8 Å². The molecule has 2 atom stereocenters. The van der Waals surface area contributed by atoms with Gasteiger partial charge in [0.1, 0.15) is 0 Å². The van der Waals surface area contributed by atoms with Gasteiger partial charge in [0.25, 0.3) is 0 Å². The fourth-order valence-electron chi connectivity index (χ4n) is 3.57. The molecular weight excluding hydrogens is 666 g/mol. The average molecular weight is 700 g/mol. The first-order valence-electron chi connectivity index (χ1n) is 10.5. The van der Waals surface area contributed by atoms with Crippen LogP contribution in [0, 0.1) is 32.9 Å². The molecule has 0 N–H and O–H groups in total. The van der Waals surface area contributed by atoms with E-state index in [0.29, 0.717) is 17.2 Å². The fourth-order valence-corrected chi connectivity index (χ4v) is 5.29. The first-order chi connectivity index (χ1) is 14.5. The molecule has 0 unspecified atom stereocenters. The van der Waals surface area contributed by atoms with Gasteiger partial charge in [-0.3, -0.25) is 0 Å². The molecule has 5 radical (unpaired) electrons. The molecule has 33 heavy (non-hydrogen) atoms. The number of fused-ring (bicyclic) bond motifs is 1. The third-order valence-electron chi connectivity index (χ3n) is 4.86. The summed E-state index contributed by atoms with van der Waals surface area (Å²) in [6.07, 6.45) is 19.2. The summed E-state index contributed by atoms with van der Waals surface area (Å²) in [5.74, 6) is 0.686. The summed E-state index contributed by atoms with van der Waals surface area (Å²) in [4.78, 5) is 4.38. The Morgan fingerprint density at radius 1 is 1.03 bits per heavy atom. The molecule has 2 heterocycles. The second-order valence-electron chi connectivity index (χ2n) is 8.22. The van der Waals surface area contributed by atoms with E-state index in [1.54, 1.807) is 0 Å². The number of halogens is 6. The van der Waals surface area contributed by atoms with Crippen molar-refractivity contribution in [3.8, 4) is 0 Å². The minimum atomic E-state index is -11.2. The smallest absolute Gasteiger partial charge is 2.00 e. The van der Waals surface area contributed by atoms with Crippen molar-refractivity contribution >= 4 is 31.2 Å². The zero-order valence-corrected chi connectivity index (χ0v) is 24.0. The van der Waals surface area contributed by atoms with Gasteiger partial charge in [-0.25, -0.2) is 0 Å². The Morgan fingerprint density at radius 3 is 2.00 bits per heavy atom. The summed E-state index contributed by atoms with van der Waals surface area (Å²) in [6, 6.07) is 0.479. The minimum Gasteiger partial charge on any atom is 2.00 e. The van der Waals surface area contributed by atoms with Crippen LogP contribution in [-0.4, -0.2) is 45.8 Å². The van der Waals surface area contributed by atoms with E-state index in [1.807, 2.05) is 0 Å². The number of hydrogen-bond acceptors (Lipinski definition) is 3. The van der Waals surface area contributed by atoms with Crippen molar-refractivity contribution < 1.29 is 37.3 Å². The van der Waals surface area contributed by atoms with Crippen molar-refractivity contribution in [1.82, 2.24) is 9.80 Å². The van der Waals surface area contributed by atoms with Gasteiger partial charge in [0, 0.05) is 28.9 Å². The van der Waals surface area contributed by atoms with E-state index in [9.17, 15) is 16.9 Å². The molecular formula is C22H33F6N2PdSSb+. The van der Waals surface area contributed by atoms with Crippen LogP contribution in [0.2, 0.25) is 0 Å². The van der Waals surface area contributed by atoms with Crippen molar-refractivity contribution in [1.29, 1.82) is 0 Å². The monoisotopic (exact) mass is 698 g/mol. The second kappa shape index (κ2) is 13.0. The van der Waals surface area contributed by atoms with Crippen LogP contribution in [0.3, 0.4) is 0 Å². The van der Waals surface area contributed by atoms with Crippen molar-refractivity contribution in [3.63, 3.8) is 0 Å². The Hall–Kier alpha value is 0.231. The maximum Gasteiger partial charge on any atom is 2.00 e. The Morgan fingerprint density at radius 2 is 1.55 bits per heavy atom. The van der Waals surface area contributed by atoms with Gasteiger partial charge in [0.2, 0.25) is 6.67 Å². The van der Waals surface area contributed by atoms with E-state index >= 15 is 0 Å². The summed E-state index contributed by atoms with van der Waals surface area (Å²) in [6.45, 7) is 17.1. The third-order valence-corrected chi connectivity index (χ3v) is 6.97. The largest absolute Gasteiger partial charge is 2.00 e. The van der Waals surface area contributed by atoms with Crippen molar-refractivity contribution in [2.45, 2.75) is 69.4 Å². The van der Waals surface area contributed by atoms with E-state index in [0.717, 1.165) is 5.25 Å². The molecule has 1 fully saturated rings. The Labute approximate surface area is 215 Å². The van der Waals surface area contributed by atoms with Gasteiger partial charge < -0.3 is 9.80 Å². The standard InChI is InChI=1S/C19H28N2S.C3H5.6FH.Pd.Sb/c1-15(2)19(22-18-10-5-4-6-11-18)16(3)21-13-17-9-7-8-12-20(17)14-21;1-3-2;;;;;;;;/h7-9,12-13,15-16,18-19H,4-6,10-11H2,1-3H3;3H,1-2H2;6*1H;;/q;;;;;;;;+2;+5/p-6/t16-,19-;;;;;;;;;/m1........./s1. The summed E-state index contributed by atoms with van der Waals surface area (Å²) in [7, 11) is 0. The van der Waals surface area contributed by atoms with Crippen LogP contribution in [0.25, 0.3) is 0 Å². The van der Waals surface area contributed by atoms with Gasteiger partial charge in [0.15, 0.2) is 0 Å². The van der Waals surface area contributed by atoms with E-state index < -0.39 is 19.5 Å². The van der Waals surface area contributed by atoms with Gasteiger partial charge in [-0.05, 0) is 58.1 Å². The molecule has 1 aliphatic carbocycles. The molecule has 0 aromatic rings. The number of hydrogen-bond donors (Lipinski definition) is 0. The van der Waals surface area contributed by atoms with Crippen LogP contribution < -0.4 is 0 Å². The van der Waals surface area contributed by atoms with Gasteiger partial charge in [-0.2, -0.15) is 11.8 Å². The van der Waals surface area contributed by atoms with Crippen LogP contribution in [-0.2, 0) is 20.4 Å². The summed E-state index contributed by atoms with van der Waals surface area (Å²) in [5.41, 5.74) is 1.22. The van der Waals surface area contributed by atoms with Crippen molar-refractivity contribution in [2.24, 2.45) is 5.92 Å². The van der Waals surface area contributed by atoms with Gasteiger partial charge in [-0.1, -0.05) is 39.2 Å². The summed E-state index contributed by atoms with van der Waals surface area (Å²) < 4.78 is 59.6. The zero-order valence-electron chi connectivity index (χ0n) is 19.1. The maximum atomic E-state index is 9.93. The van der Waals surface area contributed by atoms with Crippen molar-refractivity contribution in [3.05, 3.63) is 63.3 Å². The molecule has 193 valence electrons. The molecule has 0 saturated heterocycles. The SMILES string of the molecule is CC(C)[C@@H](SC1CCCCC1)[C@@H](C)N1[C]N2C=CC=CC2=C1.[CH2][CH][CH2].[F][Sb-]([F])([F])([F])([F])[F].[Pd+2]. The minimum absolute atomic E-state index is 0. The van der Waals surface area contributed by atoms with Crippen LogP contribution in [0.5, 0.6) is 0 Å². The third kappa shape index (κ3) is 15.8. The zero-order chi connectivity index (χ0) is 24.6. The molecule has 0 amide bonds. The van der Waals surface area contributed by atoms with Crippen LogP contribution in [0.1, 0.15) is 52.9 Å². The molecule has 0 aromatic carbocycles. The first kappa shape index (κ1) is 33.2. The van der Waals surface area contributed by atoms with Crippen molar-refractivity contribution in [2.75, 3.05) is 0 Å². The predicted molar refractivity (Wildman–Crippen MR) is 123 cm³/mol. The van der Waals surface area contributed by atoms with Gasteiger partial charge in [-0.15, -0.1) is 0 Å². The van der Waals surface area contributed by atoms with E-state index in [-0.39, 0.29) is 20.4 Å². The summed E-state index contributed by atoms with van der Waals surface area (Å²) >= 11 is -9.01.